The predicted molar refractivity (Wildman–Crippen MR) is 84.4 cm³/mol. The number of hydrogen-bond acceptors (Lipinski definition) is 3. The lowest BCUT2D eigenvalue weighted by atomic mass is 10.1. The molecular weight excluding hydrogens is 358 g/mol. The van der Waals surface area contributed by atoms with Crippen molar-refractivity contribution in [2.24, 2.45) is 0 Å². The number of rotatable bonds is 5. The Bertz CT molecular complexity index is 618. The predicted octanol–water partition coefficient (Wildman–Crippen LogP) is 3.25. The zero-order valence-corrected chi connectivity index (χ0v) is 13.1. The molecule has 7 heteroatoms. The summed E-state index contributed by atoms with van der Waals surface area (Å²) in [6.45, 7) is -0.780. The fourth-order valence-electron chi connectivity index (χ4n) is 1.89. The van der Waals surface area contributed by atoms with Crippen molar-refractivity contribution in [1.29, 1.82) is 0 Å². The first-order valence-corrected chi connectivity index (χ1v) is 7.51. The summed E-state index contributed by atoms with van der Waals surface area (Å²) in [6, 6.07) is 4.30. The number of nitrogen functional groups attached to an aromatic ring is 1. The molecule has 3 N–H and O–H groups in total. The minimum absolute atomic E-state index is 0.0748. The van der Waals surface area contributed by atoms with Crippen LogP contribution in [0.1, 0.15) is 16.8 Å². The highest BCUT2D eigenvalue weighted by molar-refractivity contribution is 9.09. The Kier molecular flexibility index (Phi) is 5.54. The maximum Gasteiger partial charge on any atom is 0.272 e. The Balaban J connectivity index is 2.14. The number of ether oxygens (including phenoxy) is 1. The molecule has 1 unspecified atom stereocenters. The Morgan fingerprint density at radius 1 is 1.50 bits per heavy atom. The molecular formula is C15H15BrF2N2O2. The number of amides is 1. The van der Waals surface area contributed by atoms with Crippen LogP contribution in [0.2, 0.25) is 0 Å². The fraction of sp³-hybridized carbons (Fsp3) is 0.267. The number of halogens is 3. The average molecular weight is 373 g/mol. The maximum absolute atomic E-state index is 12.3. The first-order chi connectivity index (χ1) is 10.5. The van der Waals surface area contributed by atoms with Gasteiger partial charge in [0.15, 0.2) is 0 Å². The van der Waals surface area contributed by atoms with E-state index in [4.69, 9.17) is 10.5 Å². The number of carbonyl (C=O) groups excluding carboxylic acids is 1. The number of allylic oxidation sites excluding steroid dienone is 3. The molecule has 0 bridgehead atoms. The van der Waals surface area contributed by atoms with E-state index in [2.05, 4.69) is 21.2 Å². The second-order valence-corrected chi connectivity index (χ2v) is 5.86. The topological polar surface area (TPSA) is 64.3 Å². The third-order valence-electron chi connectivity index (χ3n) is 2.92. The van der Waals surface area contributed by atoms with E-state index < -0.39 is 18.9 Å². The molecule has 22 heavy (non-hydrogen) atoms. The molecule has 4 nitrogen and oxygen atoms in total. The van der Waals surface area contributed by atoms with Crippen LogP contribution in [0, 0.1) is 0 Å². The van der Waals surface area contributed by atoms with E-state index >= 15 is 0 Å². The van der Waals surface area contributed by atoms with Gasteiger partial charge in [0.2, 0.25) is 0 Å². The number of benzene rings is 1. The third-order valence-corrected chi connectivity index (χ3v) is 3.60. The van der Waals surface area contributed by atoms with Crippen LogP contribution in [-0.2, 0) is 0 Å². The largest absolute Gasteiger partial charge is 0.487 e. The standard InChI is InChI=1S/C15H15BrF2N2O2/c16-9-1-4-11(5-2-9)20-15(21)12-7-10(19)3-6-13(12)22-8-14(17)18/h1,3-7,9,14H,2,8,19H2,(H,20,21). The van der Waals surface area contributed by atoms with E-state index in [1.807, 2.05) is 12.2 Å². The van der Waals surface area contributed by atoms with E-state index in [-0.39, 0.29) is 16.1 Å². The smallest absolute Gasteiger partial charge is 0.272 e. The van der Waals surface area contributed by atoms with Crippen LogP contribution in [0.4, 0.5) is 14.5 Å². The fourth-order valence-corrected chi connectivity index (χ4v) is 2.23. The van der Waals surface area contributed by atoms with Crippen molar-refractivity contribution < 1.29 is 18.3 Å². The molecule has 1 atom stereocenters. The number of hydrogen-bond donors (Lipinski definition) is 2. The van der Waals surface area contributed by atoms with Gasteiger partial charge in [-0.15, -0.1) is 0 Å². The number of nitrogens with two attached hydrogens (primary N) is 1. The van der Waals surface area contributed by atoms with Crippen LogP contribution in [-0.4, -0.2) is 23.8 Å². The molecule has 1 aromatic rings. The third kappa shape index (κ3) is 4.56. The minimum atomic E-state index is -2.62. The van der Waals surface area contributed by atoms with Gasteiger partial charge in [0.05, 0.1) is 5.56 Å². The van der Waals surface area contributed by atoms with Gasteiger partial charge in [-0.25, -0.2) is 8.78 Å². The van der Waals surface area contributed by atoms with Gasteiger partial charge in [0.25, 0.3) is 12.3 Å². The van der Waals surface area contributed by atoms with Gasteiger partial charge in [-0.05, 0) is 30.7 Å². The Hall–Kier alpha value is -1.89. The van der Waals surface area contributed by atoms with E-state index in [1.54, 1.807) is 6.08 Å². The van der Waals surface area contributed by atoms with Gasteiger partial charge >= 0.3 is 0 Å². The summed E-state index contributed by atoms with van der Waals surface area (Å²) in [5.41, 5.74) is 6.77. The van der Waals surface area contributed by atoms with Crippen LogP contribution in [0.3, 0.4) is 0 Å². The van der Waals surface area contributed by atoms with Crippen molar-refractivity contribution in [3.63, 3.8) is 0 Å². The Morgan fingerprint density at radius 2 is 2.27 bits per heavy atom. The highest BCUT2D eigenvalue weighted by Gasteiger charge is 2.16. The van der Waals surface area contributed by atoms with Gasteiger partial charge in [0, 0.05) is 16.2 Å². The van der Waals surface area contributed by atoms with E-state index in [9.17, 15) is 13.6 Å². The van der Waals surface area contributed by atoms with E-state index in [1.165, 1.54) is 18.2 Å². The average Bonchev–Trinajstić information content (AvgIpc) is 2.48. The summed E-state index contributed by atoms with van der Waals surface area (Å²) in [4.78, 5) is 12.5. The quantitative estimate of drug-likeness (QED) is 0.615. The lowest BCUT2D eigenvalue weighted by Gasteiger charge is -2.15. The molecule has 0 heterocycles. The number of anilines is 1. The first kappa shape index (κ1) is 16.5. The molecule has 0 radical (unpaired) electrons. The monoisotopic (exact) mass is 372 g/mol. The van der Waals surface area contributed by atoms with Crippen LogP contribution in [0.15, 0.2) is 42.1 Å². The molecule has 1 amide bonds. The molecule has 1 aromatic carbocycles. The normalized spacial score (nSPS) is 17.3. The van der Waals surface area contributed by atoms with E-state index in [0.717, 1.165) is 6.42 Å². The molecule has 0 aromatic heterocycles. The van der Waals surface area contributed by atoms with Crippen LogP contribution in [0.5, 0.6) is 5.75 Å². The molecule has 2 rings (SSSR count). The molecule has 1 aliphatic rings. The molecule has 1 aliphatic carbocycles. The van der Waals surface area contributed by atoms with Crippen molar-refractivity contribution >= 4 is 27.5 Å². The maximum atomic E-state index is 12.3. The Labute approximate surface area is 135 Å². The number of alkyl halides is 3. The Morgan fingerprint density at radius 3 is 2.91 bits per heavy atom. The second-order valence-electron chi connectivity index (χ2n) is 4.68. The summed E-state index contributed by atoms with van der Waals surface area (Å²) in [7, 11) is 0. The molecule has 0 fully saturated rings. The first-order valence-electron chi connectivity index (χ1n) is 6.60. The van der Waals surface area contributed by atoms with Gasteiger partial charge < -0.3 is 15.8 Å². The van der Waals surface area contributed by atoms with Gasteiger partial charge in [-0.3, -0.25) is 4.79 Å². The molecule has 0 aliphatic heterocycles. The molecule has 0 saturated carbocycles. The van der Waals surface area contributed by atoms with Crippen LogP contribution >= 0.6 is 15.9 Å². The van der Waals surface area contributed by atoms with Crippen molar-refractivity contribution in [3.05, 3.63) is 47.7 Å². The van der Waals surface area contributed by atoms with Crippen molar-refractivity contribution in [3.8, 4) is 5.75 Å². The zero-order chi connectivity index (χ0) is 16.1. The molecule has 118 valence electrons. The summed E-state index contributed by atoms with van der Waals surface area (Å²) >= 11 is 3.43. The number of nitrogens with one attached hydrogen (secondary N) is 1. The van der Waals surface area contributed by atoms with Crippen molar-refractivity contribution in [2.75, 3.05) is 12.3 Å². The van der Waals surface area contributed by atoms with Crippen LogP contribution in [0.25, 0.3) is 0 Å². The number of carbonyl (C=O) groups is 1. The van der Waals surface area contributed by atoms with E-state index in [0.29, 0.717) is 11.4 Å². The van der Waals surface area contributed by atoms with Crippen LogP contribution < -0.4 is 15.8 Å². The second kappa shape index (κ2) is 7.40. The van der Waals surface area contributed by atoms with Gasteiger partial charge in [-0.1, -0.05) is 28.1 Å². The van der Waals surface area contributed by atoms with Gasteiger partial charge in [0.1, 0.15) is 12.4 Å². The lowest BCUT2D eigenvalue weighted by molar-refractivity contribution is 0.0797. The summed E-state index contributed by atoms with van der Waals surface area (Å²) in [6.07, 6.45) is 3.67. The van der Waals surface area contributed by atoms with Gasteiger partial charge in [-0.2, -0.15) is 0 Å². The summed E-state index contributed by atoms with van der Waals surface area (Å²) < 4.78 is 29.5. The highest BCUT2D eigenvalue weighted by Crippen LogP contribution is 2.23. The minimum Gasteiger partial charge on any atom is -0.487 e. The summed E-state index contributed by atoms with van der Waals surface area (Å²) in [5.74, 6) is -0.383. The molecule has 0 saturated heterocycles. The zero-order valence-electron chi connectivity index (χ0n) is 11.6. The van der Waals surface area contributed by atoms with Crippen molar-refractivity contribution in [2.45, 2.75) is 17.7 Å². The summed E-state index contributed by atoms with van der Waals surface area (Å²) in [5, 5.41) is 2.70. The lowest BCUT2D eigenvalue weighted by Crippen LogP contribution is -2.24. The van der Waals surface area contributed by atoms with Crippen molar-refractivity contribution in [1.82, 2.24) is 5.32 Å². The highest BCUT2D eigenvalue weighted by atomic mass is 79.9. The SMILES string of the molecule is Nc1ccc(OCC(F)F)c(C(=O)NC2=CCC(Br)C=C2)c1. The molecule has 0 spiro atoms.